The smallest absolute Gasteiger partial charge is 0.191 e. The molecule has 3 saturated heterocycles. The first-order chi connectivity index (χ1) is 13.2. The molecule has 4 heterocycles. The maximum atomic E-state index is 6.28. The lowest BCUT2D eigenvalue weighted by atomic mass is 10.2. The summed E-state index contributed by atoms with van der Waals surface area (Å²) in [6.45, 7) is 5.68. The number of anilines is 1. The Hall–Kier alpha value is -0.840. The van der Waals surface area contributed by atoms with Crippen molar-refractivity contribution in [1.82, 2.24) is 20.5 Å². The van der Waals surface area contributed by atoms with Crippen molar-refractivity contribution >= 4 is 47.4 Å². The number of fused-ring (bicyclic) bond motifs is 1. The molecular weight excluding hydrogens is 491 g/mol. The van der Waals surface area contributed by atoms with Gasteiger partial charge in [0.15, 0.2) is 5.96 Å². The van der Waals surface area contributed by atoms with E-state index in [1.165, 1.54) is 19.4 Å². The zero-order valence-electron chi connectivity index (χ0n) is 16.3. The van der Waals surface area contributed by atoms with Gasteiger partial charge in [0.05, 0.1) is 17.7 Å². The lowest BCUT2D eigenvalue weighted by Crippen LogP contribution is -2.52. The van der Waals surface area contributed by atoms with E-state index in [9.17, 15) is 0 Å². The Bertz CT molecular complexity index is 678. The van der Waals surface area contributed by atoms with Gasteiger partial charge in [-0.3, -0.25) is 9.89 Å². The zero-order valence-corrected chi connectivity index (χ0v) is 19.4. The van der Waals surface area contributed by atoms with Crippen LogP contribution in [-0.2, 0) is 4.74 Å². The van der Waals surface area contributed by atoms with Crippen LogP contribution in [0.1, 0.15) is 19.3 Å². The number of ether oxygens (including phenoxy) is 1. The fraction of sp³-hybridized carbons (Fsp3) is 0.684. The van der Waals surface area contributed by atoms with Gasteiger partial charge in [-0.15, -0.1) is 24.0 Å². The summed E-state index contributed by atoms with van der Waals surface area (Å²) in [5, 5.41) is 7.67. The fourth-order valence-electron chi connectivity index (χ4n) is 4.29. The van der Waals surface area contributed by atoms with Crippen LogP contribution in [0.5, 0.6) is 0 Å². The van der Waals surface area contributed by atoms with Gasteiger partial charge < -0.3 is 20.3 Å². The number of halogens is 2. The highest BCUT2D eigenvalue weighted by atomic mass is 127. The number of hydrogen-bond acceptors (Lipinski definition) is 5. The average molecular weight is 521 g/mol. The molecule has 1 aromatic rings. The maximum Gasteiger partial charge on any atom is 0.191 e. The third-order valence-corrected chi connectivity index (χ3v) is 6.05. The largest absolute Gasteiger partial charge is 0.373 e. The van der Waals surface area contributed by atoms with Crippen molar-refractivity contribution in [2.24, 2.45) is 4.99 Å². The first kappa shape index (κ1) is 21.9. The van der Waals surface area contributed by atoms with Gasteiger partial charge in [-0.2, -0.15) is 0 Å². The van der Waals surface area contributed by atoms with E-state index in [4.69, 9.17) is 16.3 Å². The number of aromatic nitrogens is 1. The average Bonchev–Trinajstić information content (AvgIpc) is 3.34. The van der Waals surface area contributed by atoms with E-state index in [-0.39, 0.29) is 30.1 Å². The number of pyridine rings is 1. The Morgan fingerprint density at radius 2 is 2.25 bits per heavy atom. The third-order valence-electron chi connectivity index (χ3n) is 5.75. The molecule has 4 rings (SSSR count). The number of nitrogens with one attached hydrogen (secondary N) is 2. The second-order valence-corrected chi connectivity index (χ2v) is 7.99. The number of guanidine groups is 1. The van der Waals surface area contributed by atoms with Crippen molar-refractivity contribution in [3.05, 3.63) is 23.4 Å². The standard InChI is InChI=1S/C19H29ClN6O.HI/c1-21-19(23-10-16-12-25-8-3-4-15(25)13-27-16)24-14-6-9-26(11-14)18-17(20)5-2-7-22-18;/h2,5,7,14-16H,3-4,6,8-13H2,1H3,(H2,21,23,24);1H. The van der Waals surface area contributed by atoms with Gasteiger partial charge in [-0.25, -0.2) is 4.98 Å². The summed E-state index contributed by atoms with van der Waals surface area (Å²) in [4.78, 5) is 13.6. The van der Waals surface area contributed by atoms with E-state index >= 15 is 0 Å². The van der Waals surface area contributed by atoms with Crippen LogP contribution in [0, 0.1) is 0 Å². The van der Waals surface area contributed by atoms with Gasteiger partial charge in [0, 0.05) is 51.5 Å². The third kappa shape index (κ3) is 5.20. The molecule has 0 bridgehead atoms. The van der Waals surface area contributed by atoms with Crippen LogP contribution in [0.3, 0.4) is 0 Å². The molecule has 3 aliphatic rings. The molecule has 9 heteroatoms. The quantitative estimate of drug-likeness (QED) is 0.360. The van der Waals surface area contributed by atoms with Crippen LogP contribution < -0.4 is 15.5 Å². The van der Waals surface area contributed by atoms with Crippen molar-refractivity contribution in [3.8, 4) is 0 Å². The summed E-state index contributed by atoms with van der Waals surface area (Å²) in [6, 6.07) is 4.72. The van der Waals surface area contributed by atoms with Gasteiger partial charge in [0.2, 0.25) is 0 Å². The molecule has 3 unspecified atom stereocenters. The molecule has 0 amide bonds. The van der Waals surface area contributed by atoms with Crippen molar-refractivity contribution in [2.45, 2.75) is 37.5 Å². The number of morpholine rings is 1. The lowest BCUT2D eigenvalue weighted by molar-refractivity contribution is -0.0453. The SMILES string of the molecule is CN=C(NCC1CN2CCCC2CO1)NC1CCN(c2ncccc2Cl)C1.I. The molecule has 3 aliphatic heterocycles. The molecule has 3 atom stereocenters. The Morgan fingerprint density at radius 3 is 3.07 bits per heavy atom. The molecule has 0 saturated carbocycles. The first-order valence-electron chi connectivity index (χ1n) is 9.91. The van der Waals surface area contributed by atoms with Crippen LogP contribution in [0.2, 0.25) is 5.02 Å². The van der Waals surface area contributed by atoms with Crippen LogP contribution in [-0.4, -0.2) is 80.4 Å². The highest BCUT2D eigenvalue weighted by Gasteiger charge is 2.32. The van der Waals surface area contributed by atoms with Crippen LogP contribution in [0.4, 0.5) is 5.82 Å². The molecule has 2 N–H and O–H groups in total. The van der Waals surface area contributed by atoms with Crippen molar-refractivity contribution in [1.29, 1.82) is 0 Å². The minimum atomic E-state index is 0. The Morgan fingerprint density at radius 1 is 1.36 bits per heavy atom. The van der Waals surface area contributed by atoms with Gasteiger partial charge >= 0.3 is 0 Å². The van der Waals surface area contributed by atoms with Crippen LogP contribution in [0.15, 0.2) is 23.3 Å². The molecule has 1 aromatic heterocycles. The number of nitrogens with zero attached hydrogens (tertiary/aromatic N) is 4. The molecule has 28 heavy (non-hydrogen) atoms. The van der Waals surface area contributed by atoms with Gasteiger partial charge in [-0.1, -0.05) is 11.6 Å². The summed E-state index contributed by atoms with van der Waals surface area (Å²) in [5.74, 6) is 1.70. The monoisotopic (exact) mass is 520 g/mol. The second kappa shape index (κ2) is 10.3. The summed E-state index contributed by atoms with van der Waals surface area (Å²) in [6.07, 6.45) is 5.63. The normalized spacial score (nSPS) is 28.0. The summed E-state index contributed by atoms with van der Waals surface area (Å²) < 4.78 is 6.03. The van der Waals surface area contributed by atoms with Gasteiger partial charge in [-0.05, 0) is 37.9 Å². The fourth-order valence-corrected chi connectivity index (χ4v) is 4.53. The van der Waals surface area contributed by atoms with Gasteiger partial charge in [0.1, 0.15) is 5.82 Å². The summed E-state index contributed by atoms with van der Waals surface area (Å²) in [7, 11) is 1.82. The van der Waals surface area contributed by atoms with E-state index < -0.39 is 0 Å². The van der Waals surface area contributed by atoms with E-state index in [0.717, 1.165) is 51.0 Å². The lowest BCUT2D eigenvalue weighted by Gasteiger charge is -2.35. The molecule has 0 aromatic carbocycles. The second-order valence-electron chi connectivity index (χ2n) is 7.58. The topological polar surface area (TPSA) is 65.0 Å². The van der Waals surface area contributed by atoms with E-state index in [0.29, 0.717) is 17.1 Å². The highest BCUT2D eigenvalue weighted by molar-refractivity contribution is 14.0. The molecule has 3 fully saturated rings. The Kier molecular flexibility index (Phi) is 8.02. The first-order valence-corrected chi connectivity index (χ1v) is 10.3. The Labute approximate surface area is 189 Å². The van der Waals surface area contributed by atoms with E-state index in [2.05, 4.69) is 30.4 Å². The van der Waals surface area contributed by atoms with E-state index in [1.54, 1.807) is 6.20 Å². The molecule has 7 nitrogen and oxygen atoms in total. The number of hydrogen-bond donors (Lipinski definition) is 2. The molecule has 0 aliphatic carbocycles. The number of rotatable bonds is 4. The van der Waals surface area contributed by atoms with Crippen molar-refractivity contribution < 1.29 is 4.74 Å². The molecule has 0 spiro atoms. The predicted molar refractivity (Wildman–Crippen MR) is 124 cm³/mol. The highest BCUT2D eigenvalue weighted by Crippen LogP contribution is 2.26. The molecule has 156 valence electrons. The summed E-state index contributed by atoms with van der Waals surface area (Å²) >= 11 is 6.28. The maximum absolute atomic E-state index is 6.28. The minimum Gasteiger partial charge on any atom is -0.373 e. The number of aliphatic imine (C=N–C) groups is 1. The van der Waals surface area contributed by atoms with E-state index in [1.807, 2.05) is 19.2 Å². The molecule has 0 radical (unpaired) electrons. The Balaban J connectivity index is 0.00000225. The van der Waals surface area contributed by atoms with Crippen molar-refractivity contribution in [2.75, 3.05) is 51.3 Å². The van der Waals surface area contributed by atoms with Gasteiger partial charge in [0.25, 0.3) is 0 Å². The van der Waals surface area contributed by atoms with Crippen LogP contribution >= 0.6 is 35.6 Å². The van der Waals surface area contributed by atoms with Crippen LogP contribution in [0.25, 0.3) is 0 Å². The summed E-state index contributed by atoms with van der Waals surface area (Å²) in [5.41, 5.74) is 0. The zero-order chi connectivity index (χ0) is 18.6. The predicted octanol–water partition coefficient (Wildman–Crippen LogP) is 1.96. The van der Waals surface area contributed by atoms with Crippen molar-refractivity contribution in [3.63, 3.8) is 0 Å². The minimum absolute atomic E-state index is 0. The molecular formula is C19H30ClIN6O.